The molecule has 0 unspecified atom stereocenters. The number of carbonyl (C=O) groups is 2. The van der Waals surface area contributed by atoms with Crippen LogP contribution in [0.2, 0.25) is 0 Å². The van der Waals surface area contributed by atoms with E-state index in [-0.39, 0.29) is 11.8 Å². The fourth-order valence-corrected chi connectivity index (χ4v) is 5.59. The maximum Gasteiger partial charge on any atom is 0.272 e. The van der Waals surface area contributed by atoms with E-state index in [0.717, 1.165) is 41.5 Å². The van der Waals surface area contributed by atoms with Crippen LogP contribution >= 0.6 is 22.7 Å². The maximum atomic E-state index is 12.8. The fraction of sp³-hybridized carbons (Fsp3) is 0.333. The molecule has 0 radical (unpaired) electrons. The van der Waals surface area contributed by atoms with Crippen molar-refractivity contribution in [1.29, 1.82) is 0 Å². The van der Waals surface area contributed by atoms with Gasteiger partial charge in [-0.1, -0.05) is 0 Å². The van der Waals surface area contributed by atoms with Gasteiger partial charge in [-0.2, -0.15) is 0 Å². The molecule has 0 aromatic carbocycles. The predicted molar refractivity (Wildman–Crippen MR) is 103 cm³/mol. The molecule has 0 saturated heterocycles. The first-order chi connectivity index (χ1) is 12.1. The summed E-state index contributed by atoms with van der Waals surface area (Å²) in [5.41, 5.74) is 3.41. The maximum absolute atomic E-state index is 12.8. The summed E-state index contributed by atoms with van der Waals surface area (Å²) in [4.78, 5) is 26.4. The summed E-state index contributed by atoms with van der Waals surface area (Å²) < 4.78 is 2.98. The van der Waals surface area contributed by atoms with Crippen molar-refractivity contribution in [1.82, 2.24) is 9.88 Å². The smallest absolute Gasteiger partial charge is 0.272 e. The summed E-state index contributed by atoms with van der Waals surface area (Å²) in [6, 6.07) is 3.92. The monoisotopic (exact) mass is 373 g/mol. The molecule has 0 aliphatic heterocycles. The summed E-state index contributed by atoms with van der Waals surface area (Å²) in [6.45, 7) is 0. The van der Waals surface area contributed by atoms with Gasteiger partial charge < -0.3 is 15.2 Å². The van der Waals surface area contributed by atoms with E-state index in [1.54, 1.807) is 29.7 Å². The number of nitrogens with one attached hydrogen (secondary N) is 2. The molecule has 4 rings (SSSR count). The van der Waals surface area contributed by atoms with E-state index in [4.69, 9.17) is 0 Å². The van der Waals surface area contributed by atoms with E-state index in [9.17, 15) is 9.59 Å². The number of anilines is 1. The summed E-state index contributed by atoms with van der Waals surface area (Å²) >= 11 is 3.16. The molecule has 3 aromatic heterocycles. The topological polar surface area (TPSA) is 63.1 Å². The zero-order valence-corrected chi connectivity index (χ0v) is 15.8. The van der Waals surface area contributed by atoms with Gasteiger partial charge in [0.15, 0.2) is 0 Å². The molecule has 7 heteroatoms. The molecular weight excluding hydrogens is 354 g/mol. The Morgan fingerprint density at radius 2 is 2.00 bits per heavy atom. The highest BCUT2D eigenvalue weighted by Gasteiger charge is 2.26. The van der Waals surface area contributed by atoms with Crippen molar-refractivity contribution in [2.75, 3.05) is 12.4 Å². The second kappa shape index (κ2) is 6.31. The molecule has 1 aliphatic carbocycles. The van der Waals surface area contributed by atoms with Crippen molar-refractivity contribution in [2.45, 2.75) is 25.7 Å². The lowest BCUT2D eigenvalue weighted by atomic mass is 9.95. The van der Waals surface area contributed by atoms with Crippen LogP contribution in [0.5, 0.6) is 0 Å². The van der Waals surface area contributed by atoms with Crippen LogP contribution in [0.4, 0.5) is 5.00 Å². The van der Waals surface area contributed by atoms with Crippen molar-refractivity contribution < 1.29 is 9.59 Å². The summed E-state index contributed by atoms with van der Waals surface area (Å²) in [7, 11) is 3.52. The third-order valence-electron chi connectivity index (χ3n) is 4.75. The third-order valence-corrected chi connectivity index (χ3v) is 6.81. The number of rotatable bonds is 3. The first-order valence-electron chi connectivity index (χ1n) is 8.31. The molecule has 130 valence electrons. The van der Waals surface area contributed by atoms with Crippen LogP contribution in [0.25, 0.3) is 10.2 Å². The SMILES string of the molecule is CNC(=O)c1c(NC(=O)c2cc3sccc3n2C)sc2c1CCCC2. The van der Waals surface area contributed by atoms with Gasteiger partial charge in [-0.25, -0.2) is 0 Å². The van der Waals surface area contributed by atoms with Crippen LogP contribution in [-0.2, 0) is 19.9 Å². The quantitative estimate of drug-likeness (QED) is 0.734. The minimum absolute atomic E-state index is 0.123. The predicted octanol–water partition coefficient (Wildman–Crippen LogP) is 3.79. The van der Waals surface area contributed by atoms with Crippen LogP contribution in [0, 0.1) is 0 Å². The van der Waals surface area contributed by atoms with E-state index in [2.05, 4.69) is 10.6 Å². The Hall–Kier alpha value is -2.12. The number of amides is 2. The highest BCUT2D eigenvalue weighted by atomic mass is 32.1. The van der Waals surface area contributed by atoms with E-state index in [1.807, 2.05) is 29.1 Å². The van der Waals surface area contributed by atoms with Crippen molar-refractivity contribution >= 4 is 49.7 Å². The Balaban J connectivity index is 1.71. The van der Waals surface area contributed by atoms with Gasteiger partial charge in [0, 0.05) is 19.0 Å². The minimum Gasteiger partial charge on any atom is -0.355 e. The highest BCUT2D eigenvalue weighted by molar-refractivity contribution is 7.17. The second-order valence-corrected chi connectivity index (χ2v) is 8.26. The molecule has 3 aromatic rings. The van der Waals surface area contributed by atoms with E-state index in [0.29, 0.717) is 16.3 Å². The standard InChI is InChI=1S/C18H19N3O2S2/c1-19-17(23)15-10-5-3-4-6-13(10)25-18(15)20-16(22)12-9-14-11(21(12)2)7-8-24-14/h7-9H,3-6H2,1-2H3,(H,19,23)(H,20,22). The van der Waals surface area contributed by atoms with Crippen molar-refractivity contribution in [3.63, 3.8) is 0 Å². The van der Waals surface area contributed by atoms with Crippen LogP contribution < -0.4 is 10.6 Å². The van der Waals surface area contributed by atoms with Gasteiger partial charge in [-0.3, -0.25) is 9.59 Å². The fourth-order valence-electron chi connectivity index (χ4n) is 3.45. The van der Waals surface area contributed by atoms with Gasteiger partial charge in [0.2, 0.25) is 0 Å². The van der Waals surface area contributed by atoms with Crippen LogP contribution in [0.1, 0.15) is 44.1 Å². The molecule has 2 N–H and O–H groups in total. The lowest BCUT2D eigenvalue weighted by Crippen LogP contribution is -2.22. The summed E-state index contributed by atoms with van der Waals surface area (Å²) in [6.07, 6.45) is 4.13. The number of nitrogens with zero attached hydrogens (tertiary/aromatic N) is 1. The molecule has 2 amide bonds. The van der Waals surface area contributed by atoms with Crippen molar-refractivity contribution in [3.8, 4) is 0 Å². The molecular formula is C18H19N3O2S2. The van der Waals surface area contributed by atoms with E-state index in [1.165, 1.54) is 4.88 Å². The Kier molecular flexibility index (Phi) is 4.13. The summed E-state index contributed by atoms with van der Waals surface area (Å²) in [5.74, 6) is -0.294. The highest BCUT2D eigenvalue weighted by Crippen LogP contribution is 2.38. The lowest BCUT2D eigenvalue weighted by Gasteiger charge is -2.12. The van der Waals surface area contributed by atoms with Crippen LogP contribution in [0.15, 0.2) is 17.5 Å². The Morgan fingerprint density at radius 1 is 1.20 bits per heavy atom. The molecule has 1 aliphatic rings. The second-order valence-electron chi connectivity index (χ2n) is 6.21. The van der Waals surface area contributed by atoms with E-state index < -0.39 is 0 Å². The van der Waals surface area contributed by atoms with Crippen molar-refractivity contribution in [2.24, 2.45) is 7.05 Å². The number of aryl methyl sites for hydroxylation is 2. The molecule has 0 saturated carbocycles. The van der Waals surface area contributed by atoms with Gasteiger partial charge in [0.05, 0.1) is 15.8 Å². The zero-order chi connectivity index (χ0) is 17.6. The number of fused-ring (bicyclic) bond motifs is 2. The molecule has 0 bridgehead atoms. The molecule has 0 atom stereocenters. The van der Waals surface area contributed by atoms with Gasteiger partial charge in [-0.15, -0.1) is 22.7 Å². The van der Waals surface area contributed by atoms with Gasteiger partial charge in [0.1, 0.15) is 10.7 Å². The zero-order valence-electron chi connectivity index (χ0n) is 14.1. The lowest BCUT2D eigenvalue weighted by molar-refractivity contribution is 0.0963. The molecule has 3 heterocycles. The normalized spacial score (nSPS) is 13.7. The van der Waals surface area contributed by atoms with Crippen LogP contribution in [-0.4, -0.2) is 23.4 Å². The van der Waals surface area contributed by atoms with E-state index >= 15 is 0 Å². The number of carbonyl (C=O) groups excluding carboxylic acids is 2. The minimum atomic E-state index is -0.172. The van der Waals surface area contributed by atoms with Gasteiger partial charge >= 0.3 is 0 Å². The molecule has 5 nitrogen and oxygen atoms in total. The first kappa shape index (κ1) is 16.4. The largest absolute Gasteiger partial charge is 0.355 e. The first-order valence-corrected chi connectivity index (χ1v) is 10.0. The molecule has 25 heavy (non-hydrogen) atoms. The molecule has 0 fully saturated rings. The summed E-state index contributed by atoms with van der Waals surface area (Å²) in [5, 5.41) is 8.39. The third kappa shape index (κ3) is 2.67. The van der Waals surface area contributed by atoms with Crippen LogP contribution in [0.3, 0.4) is 0 Å². The Bertz CT molecular complexity index is 980. The average Bonchev–Trinajstić information content (AvgIpc) is 3.28. The Morgan fingerprint density at radius 3 is 2.76 bits per heavy atom. The number of hydrogen-bond donors (Lipinski definition) is 2. The van der Waals surface area contributed by atoms with Crippen molar-refractivity contribution in [3.05, 3.63) is 39.2 Å². The van der Waals surface area contributed by atoms with Gasteiger partial charge in [0.25, 0.3) is 11.8 Å². The average molecular weight is 374 g/mol. The number of aromatic nitrogens is 1. The number of thiophene rings is 2. The Labute approximate surface area is 153 Å². The molecule has 0 spiro atoms. The van der Waals surface area contributed by atoms with Gasteiger partial charge in [-0.05, 0) is 48.8 Å². The number of hydrogen-bond acceptors (Lipinski definition) is 4.